The Morgan fingerprint density at radius 2 is 0.933 bits per heavy atom. The van der Waals surface area contributed by atoms with Crippen LogP contribution >= 0.6 is 0 Å². The highest BCUT2D eigenvalue weighted by atomic mass is 16.3. The zero-order chi connectivity index (χ0) is 21.0. The Morgan fingerprint density at radius 1 is 0.533 bits per heavy atom. The molecule has 0 amide bonds. The minimum Gasteiger partial charge on any atom is -0.394 e. The summed E-state index contributed by atoms with van der Waals surface area (Å²) in [4.78, 5) is 8.27. The number of benzene rings is 4. The molecule has 4 nitrogen and oxygen atoms in total. The Morgan fingerprint density at radius 3 is 1.37 bits per heavy atom. The van der Waals surface area contributed by atoms with Crippen LogP contribution in [0, 0.1) is 0 Å². The summed E-state index contributed by atoms with van der Waals surface area (Å²) in [6.07, 6.45) is 3.64. The van der Waals surface area contributed by atoms with Crippen LogP contribution < -0.4 is 0 Å². The van der Waals surface area contributed by atoms with E-state index in [1.54, 1.807) is 0 Å². The highest BCUT2D eigenvalue weighted by Gasteiger charge is 1.97. The van der Waals surface area contributed by atoms with Crippen molar-refractivity contribution in [2.24, 2.45) is 9.98 Å². The predicted octanol–water partition coefficient (Wildman–Crippen LogP) is 4.50. The molecule has 0 saturated heterocycles. The fourth-order valence-corrected chi connectivity index (χ4v) is 3.17. The van der Waals surface area contributed by atoms with Crippen molar-refractivity contribution >= 4 is 34.0 Å². The SMILES string of the molecule is OCCN=Cc1cccc2ccccc12.OCCN=Cc1cccc2ccccc12. The molecule has 0 heterocycles. The van der Waals surface area contributed by atoms with Crippen molar-refractivity contribution in [2.45, 2.75) is 0 Å². The van der Waals surface area contributed by atoms with E-state index < -0.39 is 0 Å². The van der Waals surface area contributed by atoms with Gasteiger partial charge in [0, 0.05) is 23.6 Å². The third-order valence-electron chi connectivity index (χ3n) is 4.57. The van der Waals surface area contributed by atoms with Crippen LogP contribution in [0.3, 0.4) is 0 Å². The molecule has 0 aliphatic heterocycles. The lowest BCUT2D eigenvalue weighted by atomic mass is 10.1. The van der Waals surface area contributed by atoms with Gasteiger partial charge in [-0.1, -0.05) is 84.9 Å². The Labute approximate surface area is 176 Å². The second kappa shape index (κ2) is 11.6. The second-order valence-electron chi connectivity index (χ2n) is 6.65. The Kier molecular flexibility index (Phi) is 8.27. The Hall–Kier alpha value is -3.34. The number of rotatable bonds is 6. The van der Waals surface area contributed by atoms with Gasteiger partial charge in [0.25, 0.3) is 0 Å². The van der Waals surface area contributed by atoms with Gasteiger partial charge in [-0.15, -0.1) is 0 Å². The first-order chi connectivity index (χ1) is 14.8. The second-order valence-corrected chi connectivity index (χ2v) is 6.65. The molecule has 0 atom stereocenters. The fraction of sp³-hybridized carbons (Fsp3) is 0.154. The molecule has 0 aliphatic carbocycles. The van der Waals surface area contributed by atoms with E-state index in [4.69, 9.17) is 10.2 Å². The number of aliphatic hydroxyl groups is 2. The quantitative estimate of drug-likeness (QED) is 0.470. The van der Waals surface area contributed by atoms with Crippen LogP contribution in [0.25, 0.3) is 21.5 Å². The molecule has 2 N–H and O–H groups in total. The molecule has 0 unspecified atom stereocenters. The smallest absolute Gasteiger partial charge is 0.0626 e. The van der Waals surface area contributed by atoms with E-state index in [0.29, 0.717) is 13.1 Å². The van der Waals surface area contributed by atoms with Crippen molar-refractivity contribution < 1.29 is 10.2 Å². The Bertz CT molecular complexity index is 1030. The zero-order valence-corrected chi connectivity index (χ0v) is 16.9. The number of hydrogen-bond donors (Lipinski definition) is 2. The van der Waals surface area contributed by atoms with Gasteiger partial charge in [-0.05, 0) is 21.5 Å². The zero-order valence-electron chi connectivity index (χ0n) is 16.9. The average molecular weight is 399 g/mol. The lowest BCUT2D eigenvalue weighted by Gasteiger charge is -2.00. The van der Waals surface area contributed by atoms with Gasteiger partial charge in [-0.25, -0.2) is 0 Å². The van der Waals surface area contributed by atoms with E-state index in [-0.39, 0.29) is 13.2 Å². The predicted molar refractivity (Wildman–Crippen MR) is 127 cm³/mol. The number of nitrogens with zero attached hydrogens (tertiary/aromatic N) is 2. The topological polar surface area (TPSA) is 65.2 Å². The molecule has 0 fully saturated rings. The first-order valence-electron chi connectivity index (χ1n) is 10.0. The first kappa shape index (κ1) is 21.4. The van der Waals surface area contributed by atoms with Crippen molar-refractivity contribution in [2.75, 3.05) is 26.3 Å². The lowest BCUT2D eigenvalue weighted by molar-refractivity contribution is 0.307. The molecule has 0 saturated carbocycles. The van der Waals surface area contributed by atoms with Crippen LogP contribution in [-0.4, -0.2) is 48.9 Å². The van der Waals surface area contributed by atoms with Gasteiger partial charge in [0.1, 0.15) is 0 Å². The molecule has 4 aromatic rings. The van der Waals surface area contributed by atoms with Crippen molar-refractivity contribution in [1.82, 2.24) is 0 Å². The van der Waals surface area contributed by atoms with Crippen molar-refractivity contribution in [3.63, 3.8) is 0 Å². The maximum Gasteiger partial charge on any atom is 0.0626 e. The van der Waals surface area contributed by atoms with Crippen LogP contribution in [0.2, 0.25) is 0 Å². The van der Waals surface area contributed by atoms with Gasteiger partial charge in [-0.3, -0.25) is 9.98 Å². The maximum atomic E-state index is 8.64. The number of aliphatic hydroxyl groups excluding tert-OH is 2. The van der Waals surface area contributed by atoms with Crippen LogP contribution in [0.15, 0.2) is 94.9 Å². The van der Waals surface area contributed by atoms with Crippen molar-refractivity contribution in [3.8, 4) is 0 Å². The molecule has 4 heteroatoms. The number of aliphatic imine (C=N–C) groups is 2. The highest BCUT2D eigenvalue weighted by molar-refractivity contribution is 6.00. The van der Waals surface area contributed by atoms with E-state index >= 15 is 0 Å². The maximum absolute atomic E-state index is 8.64. The summed E-state index contributed by atoms with van der Waals surface area (Å²) in [6, 6.07) is 28.7. The third-order valence-corrected chi connectivity index (χ3v) is 4.57. The summed E-state index contributed by atoms with van der Waals surface area (Å²) in [5.74, 6) is 0. The average Bonchev–Trinajstić information content (AvgIpc) is 2.80. The van der Waals surface area contributed by atoms with E-state index in [0.717, 1.165) is 11.1 Å². The van der Waals surface area contributed by atoms with Gasteiger partial charge < -0.3 is 10.2 Å². The van der Waals surface area contributed by atoms with Crippen LogP contribution in [0.5, 0.6) is 0 Å². The molecule has 0 bridgehead atoms. The minimum atomic E-state index is 0.0985. The van der Waals surface area contributed by atoms with Crippen molar-refractivity contribution in [1.29, 1.82) is 0 Å². The van der Waals surface area contributed by atoms with E-state index in [1.807, 2.05) is 61.0 Å². The van der Waals surface area contributed by atoms with Gasteiger partial charge in [0.05, 0.1) is 26.3 Å². The summed E-state index contributed by atoms with van der Waals surface area (Å²) < 4.78 is 0. The molecule has 0 spiro atoms. The highest BCUT2D eigenvalue weighted by Crippen LogP contribution is 2.17. The molecule has 0 aromatic heterocycles. The van der Waals surface area contributed by atoms with Gasteiger partial charge in [0.15, 0.2) is 0 Å². The molecular formula is C26H26N2O2. The standard InChI is InChI=1S/2C13H13NO/c2*15-9-8-14-10-12-6-3-5-11-4-1-2-7-13(11)12/h2*1-7,10,15H,8-9H2. The summed E-state index contributed by atoms with van der Waals surface area (Å²) in [5, 5.41) is 22.1. The molecular weight excluding hydrogens is 372 g/mol. The van der Waals surface area contributed by atoms with Crippen LogP contribution in [0.4, 0.5) is 0 Å². The number of fused-ring (bicyclic) bond motifs is 2. The molecule has 0 radical (unpaired) electrons. The third kappa shape index (κ3) is 5.83. The summed E-state index contributed by atoms with van der Waals surface area (Å²) in [6.45, 7) is 1.12. The molecule has 152 valence electrons. The molecule has 0 aliphatic rings. The fourth-order valence-electron chi connectivity index (χ4n) is 3.17. The van der Waals surface area contributed by atoms with Crippen LogP contribution in [0.1, 0.15) is 11.1 Å². The largest absolute Gasteiger partial charge is 0.394 e. The van der Waals surface area contributed by atoms with Gasteiger partial charge >= 0.3 is 0 Å². The van der Waals surface area contributed by atoms with Crippen LogP contribution in [-0.2, 0) is 0 Å². The van der Waals surface area contributed by atoms with Crippen molar-refractivity contribution in [3.05, 3.63) is 96.1 Å². The van der Waals surface area contributed by atoms with E-state index in [9.17, 15) is 0 Å². The number of hydrogen-bond acceptors (Lipinski definition) is 4. The monoisotopic (exact) mass is 398 g/mol. The Balaban J connectivity index is 0.000000171. The van der Waals surface area contributed by atoms with Gasteiger partial charge in [-0.2, -0.15) is 0 Å². The summed E-state index contributed by atoms with van der Waals surface area (Å²) in [7, 11) is 0. The lowest BCUT2D eigenvalue weighted by Crippen LogP contribution is -1.90. The normalized spacial score (nSPS) is 11.3. The van der Waals surface area contributed by atoms with Gasteiger partial charge in [0.2, 0.25) is 0 Å². The molecule has 30 heavy (non-hydrogen) atoms. The van der Waals surface area contributed by atoms with E-state index in [2.05, 4.69) is 46.4 Å². The van der Waals surface area contributed by atoms with E-state index in [1.165, 1.54) is 21.5 Å². The molecule has 4 aromatic carbocycles. The summed E-state index contributed by atoms with van der Waals surface area (Å²) >= 11 is 0. The summed E-state index contributed by atoms with van der Waals surface area (Å²) in [5.41, 5.74) is 2.20. The minimum absolute atomic E-state index is 0.0985. The molecule has 4 rings (SSSR count). The first-order valence-corrected chi connectivity index (χ1v) is 10.0.